The molecule has 0 aliphatic heterocycles. The van der Waals surface area contributed by atoms with Gasteiger partial charge >= 0.3 is 12.0 Å². The van der Waals surface area contributed by atoms with Crippen LogP contribution >= 0.6 is 0 Å². The van der Waals surface area contributed by atoms with Crippen LogP contribution in [0.2, 0.25) is 0 Å². The van der Waals surface area contributed by atoms with E-state index in [9.17, 15) is 18.7 Å². The van der Waals surface area contributed by atoms with Crippen LogP contribution < -0.4 is 5.73 Å². The fraction of sp³-hybridized carbons (Fsp3) is 0.278. The third-order valence-corrected chi connectivity index (χ3v) is 4.32. The van der Waals surface area contributed by atoms with Crippen LogP contribution in [0.5, 0.6) is 0 Å². The first-order valence-corrected chi connectivity index (χ1v) is 7.40. The molecule has 0 heterocycles. The van der Waals surface area contributed by atoms with Crippen molar-refractivity contribution in [3.8, 4) is 11.1 Å². The lowest BCUT2D eigenvalue weighted by Gasteiger charge is -2.12. The molecule has 0 bridgehead atoms. The number of carboxylic acid groups (broad SMARTS) is 1. The number of nitrogens with two attached hydrogens (primary N) is 1. The fourth-order valence-corrected chi connectivity index (χ4v) is 2.82. The molecule has 2 aromatic rings. The van der Waals surface area contributed by atoms with Gasteiger partial charge in [0.2, 0.25) is 0 Å². The molecule has 2 aromatic carbocycles. The average molecular weight is 317 g/mol. The molecule has 1 fully saturated rings. The zero-order chi connectivity index (χ0) is 16.7. The SMILES string of the molecule is NC(F)(F)Cc1ccc(-c2ccc(C3(C(=O)O)CC3)cc2)cc1. The Bertz CT molecular complexity index is 714. The molecule has 0 atom stereocenters. The van der Waals surface area contributed by atoms with Crippen LogP contribution in [-0.4, -0.2) is 17.1 Å². The molecule has 0 amide bonds. The second kappa shape index (κ2) is 5.42. The standard InChI is InChI=1S/C18H17F2NO2/c19-18(20,21)11-12-1-3-13(4-2-12)14-5-7-15(8-6-14)17(9-10-17)16(22)23/h1-8H,9-11,21H2,(H,22,23). The van der Waals surface area contributed by atoms with Crippen molar-refractivity contribution in [1.82, 2.24) is 0 Å². The van der Waals surface area contributed by atoms with Crippen LogP contribution in [0.1, 0.15) is 24.0 Å². The van der Waals surface area contributed by atoms with Crippen LogP contribution in [0, 0.1) is 0 Å². The number of carboxylic acids is 1. The normalized spacial score (nSPS) is 16.1. The van der Waals surface area contributed by atoms with E-state index in [1.165, 1.54) is 0 Å². The first-order chi connectivity index (χ1) is 10.8. The number of hydrogen-bond donors (Lipinski definition) is 2. The van der Waals surface area contributed by atoms with E-state index in [4.69, 9.17) is 5.73 Å². The molecule has 0 aromatic heterocycles. The number of rotatable bonds is 5. The molecule has 0 saturated heterocycles. The fourth-order valence-electron chi connectivity index (χ4n) is 2.82. The third-order valence-electron chi connectivity index (χ3n) is 4.32. The summed E-state index contributed by atoms with van der Waals surface area (Å²) in [6.07, 6.45) is 0.848. The number of benzene rings is 2. The highest BCUT2D eigenvalue weighted by molar-refractivity contribution is 5.85. The van der Waals surface area contributed by atoms with Crippen LogP contribution in [0.15, 0.2) is 48.5 Å². The summed E-state index contributed by atoms with van der Waals surface area (Å²) in [7, 11) is 0. The van der Waals surface area contributed by atoms with Crippen LogP contribution in [0.4, 0.5) is 8.78 Å². The number of alkyl halides is 2. The van der Waals surface area contributed by atoms with E-state index in [-0.39, 0.29) is 0 Å². The minimum atomic E-state index is -3.21. The monoisotopic (exact) mass is 317 g/mol. The van der Waals surface area contributed by atoms with Gasteiger partial charge < -0.3 is 5.11 Å². The maximum absolute atomic E-state index is 12.8. The minimum Gasteiger partial charge on any atom is -0.481 e. The summed E-state index contributed by atoms with van der Waals surface area (Å²) in [6.45, 7) is 0. The molecule has 1 saturated carbocycles. The van der Waals surface area contributed by atoms with Crippen molar-refractivity contribution in [2.75, 3.05) is 0 Å². The third kappa shape index (κ3) is 3.24. The van der Waals surface area contributed by atoms with Crippen LogP contribution in [0.3, 0.4) is 0 Å². The van der Waals surface area contributed by atoms with E-state index >= 15 is 0 Å². The number of halogens is 2. The van der Waals surface area contributed by atoms with Crippen molar-refractivity contribution in [3.05, 3.63) is 59.7 Å². The molecule has 3 nitrogen and oxygen atoms in total. The smallest absolute Gasteiger partial charge is 0.314 e. The van der Waals surface area contributed by atoms with Gasteiger partial charge in [-0.2, -0.15) is 8.78 Å². The van der Waals surface area contributed by atoms with E-state index in [2.05, 4.69) is 0 Å². The van der Waals surface area contributed by atoms with E-state index in [1.807, 2.05) is 24.3 Å². The quantitative estimate of drug-likeness (QED) is 0.829. The van der Waals surface area contributed by atoms with Gasteiger partial charge in [0.05, 0.1) is 11.8 Å². The molecule has 0 spiro atoms. The van der Waals surface area contributed by atoms with Gasteiger partial charge in [0, 0.05) is 0 Å². The second-order valence-electron chi connectivity index (χ2n) is 6.10. The van der Waals surface area contributed by atoms with Gasteiger partial charge in [-0.3, -0.25) is 10.5 Å². The Balaban J connectivity index is 1.79. The van der Waals surface area contributed by atoms with E-state index in [0.717, 1.165) is 16.7 Å². The number of carbonyl (C=O) groups is 1. The Morgan fingerprint density at radius 2 is 1.52 bits per heavy atom. The van der Waals surface area contributed by atoms with E-state index in [0.29, 0.717) is 18.4 Å². The summed E-state index contributed by atoms with van der Waals surface area (Å²) < 4.78 is 25.6. The zero-order valence-corrected chi connectivity index (χ0v) is 12.4. The highest BCUT2D eigenvalue weighted by Gasteiger charge is 2.51. The van der Waals surface area contributed by atoms with Gasteiger partial charge in [-0.15, -0.1) is 0 Å². The zero-order valence-electron chi connectivity index (χ0n) is 12.4. The summed E-state index contributed by atoms with van der Waals surface area (Å²) in [6, 6.07) is 11.0. The molecule has 0 unspecified atom stereocenters. The van der Waals surface area contributed by atoms with Crippen molar-refractivity contribution >= 4 is 5.97 Å². The van der Waals surface area contributed by atoms with Gasteiger partial charge in [-0.05, 0) is 35.1 Å². The van der Waals surface area contributed by atoms with Crippen molar-refractivity contribution in [2.24, 2.45) is 5.73 Å². The summed E-state index contributed by atoms with van der Waals surface area (Å²) in [5.74, 6) is -0.780. The van der Waals surface area contributed by atoms with Crippen molar-refractivity contribution in [1.29, 1.82) is 0 Å². The number of hydrogen-bond acceptors (Lipinski definition) is 2. The Morgan fingerprint density at radius 3 is 1.91 bits per heavy atom. The lowest BCUT2D eigenvalue weighted by atomic mass is 9.93. The summed E-state index contributed by atoms with van der Waals surface area (Å²) >= 11 is 0. The molecular weight excluding hydrogens is 300 g/mol. The first kappa shape index (κ1) is 15.6. The van der Waals surface area contributed by atoms with Gasteiger partial charge in [0.25, 0.3) is 0 Å². The molecule has 120 valence electrons. The Kier molecular flexibility index (Phi) is 3.68. The lowest BCUT2D eigenvalue weighted by Crippen LogP contribution is -2.30. The second-order valence-corrected chi connectivity index (χ2v) is 6.10. The average Bonchev–Trinajstić information content (AvgIpc) is 3.28. The van der Waals surface area contributed by atoms with Gasteiger partial charge in [0.15, 0.2) is 0 Å². The molecule has 0 radical (unpaired) electrons. The largest absolute Gasteiger partial charge is 0.481 e. The van der Waals surface area contributed by atoms with E-state index in [1.54, 1.807) is 24.3 Å². The predicted octanol–water partition coefficient (Wildman–Crippen LogP) is 3.56. The summed E-state index contributed by atoms with van der Waals surface area (Å²) in [5.41, 5.74) is 7.10. The maximum Gasteiger partial charge on any atom is 0.314 e. The molecule has 1 aliphatic rings. The lowest BCUT2D eigenvalue weighted by molar-refractivity contribution is -0.140. The van der Waals surface area contributed by atoms with Crippen molar-refractivity contribution < 1.29 is 18.7 Å². The number of aliphatic carboxylic acids is 1. The molecule has 1 aliphatic carbocycles. The van der Waals surface area contributed by atoms with Crippen molar-refractivity contribution in [2.45, 2.75) is 30.7 Å². The minimum absolute atomic E-state index is 0.473. The van der Waals surface area contributed by atoms with E-state index < -0.39 is 23.9 Å². The van der Waals surface area contributed by atoms with Crippen LogP contribution in [0.25, 0.3) is 11.1 Å². The highest BCUT2D eigenvalue weighted by atomic mass is 19.3. The molecule has 23 heavy (non-hydrogen) atoms. The molecule has 3 rings (SSSR count). The van der Waals surface area contributed by atoms with Crippen LogP contribution in [-0.2, 0) is 16.6 Å². The van der Waals surface area contributed by atoms with Crippen molar-refractivity contribution in [3.63, 3.8) is 0 Å². The Hall–Kier alpha value is -2.27. The summed E-state index contributed by atoms with van der Waals surface area (Å²) in [5, 5.41) is 9.30. The Morgan fingerprint density at radius 1 is 1.04 bits per heavy atom. The first-order valence-electron chi connectivity index (χ1n) is 7.40. The maximum atomic E-state index is 12.8. The van der Waals surface area contributed by atoms with Gasteiger partial charge in [-0.25, -0.2) is 0 Å². The topological polar surface area (TPSA) is 63.3 Å². The Labute approximate surface area is 132 Å². The molecule has 3 N–H and O–H groups in total. The van der Waals surface area contributed by atoms with Gasteiger partial charge in [0.1, 0.15) is 0 Å². The summed E-state index contributed by atoms with van der Waals surface area (Å²) in [4.78, 5) is 11.3. The molecule has 5 heteroatoms. The van der Waals surface area contributed by atoms with Gasteiger partial charge in [-0.1, -0.05) is 48.5 Å². The highest BCUT2D eigenvalue weighted by Crippen LogP contribution is 2.48. The molecular formula is C18H17F2NO2. The predicted molar refractivity (Wildman–Crippen MR) is 83.3 cm³/mol.